The topological polar surface area (TPSA) is 182 Å². The third-order valence-corrected chi connectivity index (χ3v) is 10.6. The number of carbonyl (C=O) groups excluding carboxylic acids is 2. The molecule has 2 aliphatic heterocycles. The van der Waals surface area contributed by atoms with Crippen LogP contribution in [0.2, 0.25) is 0 Å². The molecule has 13 nitrogen and oxygen atoms in total. The Labute approximate surface area is 212 Å². The summed E-state index contributed by atoms with van der Waals surface area (Å²) in [5.74, 6) is -0.325. The molecule has 2 saturated heterocycles. The Morgan fingerprint density at radius 3 is 2.43 bits per heavy atom. The normalized spacial score (nSPS) is 31.6. The van der Waals surface area contributed by atoms with Crippen LogP contribution in [0.1, 0.15) is 37.2 Å². The summed E-state index contributed by atoms with van der Waals surface area (Å²) in [6, 6.07) is 7.98. The lowest BCUT2D eigenvalue weighted by atomic mass is 10.2. The SMILES string of the molecule is CC(=O)OC[C@@H]1CCCN1C(=O)Oc1ccc(C2OP(=O)(O)C(O)(Cc3cccnc3)P(=O)(O)O2)cc1. The van der Waals surface area contributed by atoms with Gasteiger partial charge < -0.3 is 29.3 Å². The van der Waals surface area contributed by atoms with Crippen molar-refractivity contribution in [1.29, 1.82) is 0 Å². The fraction of sp³-hybridized carbons (Fsp3) is 0.409. The highest BCUT2D eigenvalue weighted by Gasteiger charge is 2.67. The van der Waals surface area contributed by atoms with E-state index in [1.165, 1.54) is 60.6 Å². The van der Waals surface area contributed by atoms with Gasteiger partial charge >= 0.3 is 27.3 Å². The van der Waals surface area contributed by atoms with Crippen molar-refractivity contribution in [3.8, 4) is 5.75 Å². The molecule has 200 valence electrons. The molecule has 3 heterocycles. The molecule has 2 aliphatic rings. The maximum atomic E-state index is 12.9. The largest absolute Gasteiger partial charge is 0.464 e. The van der Waals surface area contributed by atoms with Crippen LogP contribution in [-0.4, -0.2) is 61.1 Å². The minimum Gasteiger partial charge on any atom is -0.464 e. The Kier molecular flexibility index (Phi) is 7.87. The number of amides is 1. The molecule has 15 heteroatoms. The van der Waals surface area contributed by atoms with E-state index in [-0.39, 0.29) is 29.5 Å². The van der Waals surface area contributed by atoms with E-state index < -0.39 is 45.0 Å². The van der Waals surface area contributed by atoms with Gasteiger partial charge in [-0.25, -0.2) is 4.79 Å². The smallest absolute Gasteiger partial charge is 0.415 e. The van der Waals surface area contributed by atoms with Crippen molar-refractivity contribution in [2.45, 2.75) is 43.6 Å². The molecule has 2 fully saturated rings. The average Bonchev–Trinajstić information content (AvgIpc) is 3.31. The van der Waals surface area contributed by atoms with Crippen molar-refractivity contribution < 1.29 is 52.1 Å². The minimum absolute atomic E-state index is 0.0648. The molecule has 2 aromatic rings. The first kappa shape index (κ1) is 27.4. The zero-order chi connectivity index (χ0) is 26.8. The van der Waals surface area contributed by atoms with Crippen LogP contribution in [-0.2, 0) is 34.1 Å². The first-order valence-corrected chi connectivity index (χ1v) is 14.4. The standard InChI is InChI=1S/C22H26N2O11P2/c1-15(25)32-14-18-5-3-11-24(18)21(26)33-19-8-6-17(7-9-19)20-34-36(28,29)22(27,37(30,31)35-20)12-16-4-2-10-23-13-16/h2,4,6-10,13,18,20,27H,3,5,11-12,14H2,1H3,(H,28,29)(H,30,31)/t18-,20?,22?/m0/s1. The van der Waals surface area contributed by atoms with Gasteiger partial charge in [-0.1, -0.05) is 18.2 Å². The maximum absolute atomic E-state index is 12.9. The van der Waals surface area contributed by atoms with E-state index in [4.69, 9.17) is 18.5 Å². The zero-order valence-corrected chi connectivity index (χ0v) is 21.5. The van der Waals surface area contributed by atoms with Gasteiger partial charge in [0, 0.05) is 37.8 Å². The number of aromatic nitrogens is 1. The Bertz CT molecular complexity index is 1210. The van der Waals surface area contributed by atoms with Crippen molar-refractivity contribution >= 4 is 27.3 Å². The van der Waals surface area contributed by atoms with Crippen LogP contribution in [0.5, 0.6) is 5.75 Å². The number of hydrogen-bond donors (Lipinski definition) is 3. The lowest BCUT2D eigenvalue weighted by Gasteiger charge is -2.41. The number of pyridine rings is 1. The molecule has 1 aromatic heterocycles. The summed E-state index contributed by atoms with van der Waals surface area (Å²) in [6.45, 7) is 1.78. The molecule has 0 radical (unpaired) electrons. The number of ether oxygens (including phenoxy) is 2. The second-order valence-electron chi connectivity index (χ2n) is 8.62. The van der Waals surface area contributed by atoms with Crippen LogP contribution in [0.4, 0.5) is 4.79 Å². The third kappa shape index (κ3) is 5.78. The molecule has 4 rings (SSSR count). The Morgan fingerprint density at radius 2 is 1.84 bits per heavy atom. The van der Waals surface area contributed by atoms with E-state index in [1.54, 1.807) is 0 Å². The van der Waals surface area contributed by atoms with E-state index >= 15 is 0 Å². The molecular formula is C22H26N2O11P2. The Morgan fingerprint density at radius 1 is 1.16 bits per heavy atom. The van der Waals surface area contributed by atoms with Crippen molar-refractivity contribution in [1.82, 2.24) is 9.88 Å². The maximum Gasteiger partial charge on any atom is 0.415 e. The van der Waals surface area contributed by atoms with Crippen LogP contribution < -0.4 is 4.74 Å². The number of esters is 1. The van der Waals surface area contributed by atoms with Crippen LogP contribution in [0.25, 0.3) is 0 Å². The second kappa shape index (κ2) is 10.6. The average molecular weight is 556 g/mol. The summed E-state index contributed by atoms with van der Waals surface area (Å²) in [6.07, 6.45) is 0.982. The Hall–Kier alpha value is -2.63. The highest BCUT2D eigenvalue weighted by Crippen LogP contribution is 2.79. The number of carbonyl (C=O) groups is 2. The van der Waals surface area contributed by atoms with E-state index in [9.17, 15) is 33.6 Å². The van der Waals surface area contributed by atoms with Crippen molar-refractivity contribution in [3.05, 3.63) is 59.9 Å². The van der Waals surface area contributed by atoms with Crippen molar-refractivity contribution in [2.24, 2.45) is 0 Å². The zero-order valence-electron chi connectivity index (χ0n) is 19.7. The number of benzene rings is 1. The van der Waals surface area contributed by atoms with Gasteiger partial charge in [0.2, 0.25) is 6.29 Å². The second-order valence-corrected chi connectivity index (χ2v) is 13.0. The van der Waals surface area contributed by atoms with Crippen LogP contribution in [0.15, 0.2) is 48.8 Å². The van der Waals surface area contributed by atoms with Gasteiger partial charge in [0.15, 0.2) is 0 Å². The van der Waals surface area contributed by atoms with Gasteiger partial charge in [-0.15, -0.1) is 0 Å². The predicted octanol–water partition coefficient (Wildman–Crippen LogP) is 2.91. The highest BCUT2D eigenvalue weighted by atomic mass is 31.2. The molecule has 1 amide bonds. The lowest BCUT2D eigenvalue weighted by Crippen LogP contribution is -2.40. The van der Waals surface area contributed by atoms with E-state index in [0.29, 0.717) is 13.0 Å². The number of rotatable bonds is 6. The van der Waals surface area contributed by atoms with Crippen LogP contribution in [0.3, 0.4) is 0 Å². The third-order valence-electron chi connectivity index (χ3n) is 5.99. The van der Waals surface area contributed by atoms with Crippen LogP contribution in [0, 0.1) is 0 Å². The van der Waals surface area contributed by atoms with Gasteiger partial charge in [0.25, 0.3) is 5.08 Å². The monoisotopic (exact) mass is 556 g/mol. The molecular weight excluding hydrogens is 530 g/mol. The molecule has 3 N–H and O–H groups in total. The van der Waals surface area contributed by atoms with Gasteiger partial charge in [-0.3, -0.25) is 28.0 Å². The van der Waals surface area contributed by atoms with Gasteiger partial charge in [0.1, 0.15) is 12.4 Å². The van der Waals surface area contributed by atoms with E-state index in [1.807, 2.05) is 0 Å². The first-order chi connectivity index (χ1) is 17.4. The summed E-state index contributed by atoms with van der Waals surface area (Å²) in [7, 11) is -10.3. The quantitative estimate of drug-likeness (QED) is 0.350. The Balaban J connectivity index is 1.44. The van der Waals surface area contributed by atoms with Gasteiger partial charge in [0.05, 0.1) is 6.04 Å². The summed E-state index contributed by atoms with van der Waals surface area (Å²) < 4.78 is 46.4. The summed E-state index contributed by atoms with van der Waals surface area (Å²) in [4.78, 5) is 49.9. The number of hydrogen-bond acceptors (Lipinski definition) is 10. The van der Waals surface area contributed by atoms with Crippen molar-refractivity contribution in [2.75, 3.05) is 13.2 Å². The molecule has 0 bridgehead atoms. The number of aliphatic hydroxyl groups is 1. The van der Waals surface area contributed by atoms with Crippen LogP contribution >= 0.6 is 15.2 Å². The van der Waals surface area contributed by atoms with Crippen molar-refractivity contribution in [3.63, 3.8) is 0 Å². The van der Waals surface area contributed by atoms with Gasteiger partial charge in [-0.05, 0) is 36.6 Å². The molecule has 2 unspecified atom stereocenters. The summed E-state index contributed by atoms with van der Waals surface area (Å²) in [5, 5.41) is 7.68. The number of nitrogens with zero attached hydrogens (tertiary/aromatic N) is 2. The van der Waals surface area contributed by atoms with E-state index in [2.05, 4.69) is 4.98 Å². The van der Waals surface area contributed by atoms with Gasteiger partial charge in [-0.2, -0.15) is 0 Å². The van der Waals surface area contributed by atoms with E-state index in [0.717, 1.165) is 6.42 Å². The predicted molar refractivity (Wildman–Crippen MR) is 126 cm³/mol. The summed E-state index contributed by atoms with van der Waals surface area (Å²) >= 11 is 0. The number of likely N-dealkylation sites (tertiary alicyclic amines) is 1. The fourth-order valence-corrected chi connectivity index (χ4v) is 7.60. The molecule has 0 saturated carbocycles. The molecule has 37 heavy (non-hydrogen) atoms. The molecule has 0 aliphatic carbocycles. The highest BCUT2D eigenvalue weighted by molar-refractivity contribution is 7.73. The first-order valence-electron chi connectivity index (χ1n) is 11.3. The minimum atomic E-state index is -5.13. The molecule has 1 aromatic carbocycles. The fourth-order valence-electron chi connectivity index (χ4n) is 4.02. The summed E-state index contributed by atoms with van der Waals surface area (Å²) in [5.41, 5.74) is 0.291. The molecule has 3 atom stereocenters. The molecule has 0 spiro atoms. The lowest BCUT2D eigenvalue weighted by molar-refractivity contribution is -0.142.